The Labute approximate surface area is 95.5 Å². The summed E-state index contributed by atoms with van der Waals surface area (Å²) in [6, 6.07) is 5.31. The molecule has 0 radical (unpaired) electrons. The molecule has 1 aromatic heterocycles. The van der Waals surface area contributed by atoms with Gasteiger partial charge in [0.2, 0.25) is 0 Å². The molecular formula is C11H9F3N2O. The van der Waals surface area contributed by atoms with Gasteiger partial charge >= 0.3 is 6.55 Å². The van der Waals surface area contributed by atoms with Crippen LogP contribution in [0.5, 0.6) is 5.75 Å². The maximum Gasteiger partial charge on any atom is 0.320 e. The van der Waals surface area contributed by atoms with Crippen molar-refractivity contribution in [2.45, 2.75) is 13.2 Å². The molecule has 2 rings (SSSR count). The van der Waals surface area contributed by atoms with Crippen LogP contribution in [0, 0.1) is 5.82 Å². The van der Waals surface area contributed by atoms with E-state index in [0.717, 1.165) is 0 Å². The second-order valence-electron chi connectivity index (χ2n) is 3.27. The molecule has 3 nitrogen and oxygen atoms in total. The number of rotatable bonds is 4. The van der Waals surface area contributed by atoms with Crippen LogP contribution in [0.2, 0.25) is 0 Å². The third-order valence-electron chi connectivity index (χ3n) is 2.14. The van der Waals surface area contributed by atoms with Crippen LogP contribution in [-0.2, 0) is 6.61 Å². The van der Waals surface area contributed by atoms with Gasteiger partial charge in [-0.05, 0) is 24.3 Å². The van der Waals surface area contributed by atoms with Crippen LogP contribution >= 0.6 is 0 Å². The molecule has 0 atom stereocenters. The number of imidazole rings is 1. The lowest BCUT2D eigenvalue weighted by atomic mass is 10.3. The highest BCUT2D eigenvalue weighted by Gasteiger charge is 2.11. The highest BCUT2D eigenvalue weighted by Crippen LogP contribution is 2.16. The molecule has 0 aliphatic rings. The Bertz CT molecular complexity index is 482. The molecule has 1 aromatic carbocycles. The first-order valence-corrected chi connectivity index (χ1v) is 4.85. The van der Waals surface area contributed by atoms with Crippen LogP contribution in [0.25, 0.3) is 0 Å². The van der Waals surface area contributed by atoms with Gasteiger partial charge in [-0.25, -0.2) is 9.37 Å². The highest BCUT2D eigenvalue weighted by atomic mass is 19.3. The summed E-state index contributed by atoms with van der Waals surface area (Å²) < 4.78 is 43.4. The molecule has 90 valence electrons. The number of aromatic nitrogens is 2. The lowest BCUT2D eigenvalue weighted by Crippen LogP contribution is -2.07. The second kappa shape index (κ2) is 4.90. The van der Waals surface area contributed by atoms with E-state index in [0.29, 0.717) is 10.3 Å². The lowest BCUT2D eigenvalue weighted by molar-refractivity contribution is 0.0632. The molecule has 0 spiro atoms. The van der Waals surface area contributed by atoms with Gasteiger partial charge in [-0.15, -0.1) is 0 Å². The third kappa shape index (κ3) is 2.77. The lowest BCUT2D eigenvalue weighted by Gasteiger charge is -2.08. The standard InChI is InChI=1S/C11H9F3N2O/c12-8-1-3-9(4-2-8)17-7-10-15-5-6-16(10)11(13)14/h1-6,11H,7H2. The van der Waals surface area contributed by atoms with Gasteiger partial charge in [-0.3, -0.25) is 4.57 Å². The van der Waals surface area contributed by atoms with Crippen molar-refractivity contribution < 1.29 is 17.9 Å². The molecule has 0 saturated carbocycles. The number of benzene rings is 1. The fraction of sp³-hybridized carbons (Fsp3) is 0.182. The zero-order chi connectivity index (χ0) is 12.3. The molecule has 0 fully saturated rings. The first-order chi connectivity index (χ1) is 8.16. The molecule has 0 unspecified atom stereocenters. The summed E-state index contributed by atoms with van der Waals surface area (Å²) in [5.41, 5.74) is 0. The Hall–Kier alpha value is -1.98. The average molecular weight is 242 g/mol. The normalized spacial score (nSPS) is 10.8. The van der Waals surface area contributed by atoms with Crippen LogP contribution in [0.1, 0.15) is 12.4 Å². The molecule has 1 heterocycles. The predicted molar refractivity (Wildman–Crippen MR) is 54.2 cm³/mol. The number of hydrogen-bond acceptors (Lipinski definition) is 2. The Kier molecular flexibility index (Phi) is 3.32. The second-order valence-corrected chi connectivity index (χ2v) is 3.27. The number of ether oxygens (including phenoxy) is 1. The van der Waals surface area contributed by atoms with E-state index in [1.54, 1.807) is 0 Å². The molecule has 0 N–H and O–H groups in total. The Morgan fingerprint density at radius 3 is 2.59 bits per heavy atom. The molecule has 0 bridgehead atoms. The molecule has 0 saturated heterocycles. The van der Waals surface area contributed by atoms with Gasteiger partial charge in [0.25, 0.3) is 0 Å². The summed E-state index contributed by atoms with van der Waals surface area (Å²) in [4.78, 5) is 3.75. The van der Waals surface area contributed by atoms with Gasteiger partial charge in [0.15, 0.2) is 5.82 Å². The van der Waals surface area contributed by atoms with E-state index in [1.165, 1.54) is 36.7 Å². The molecule has 2 aromatic rings. The van der Waals surface area contributed by atoms with E-state index >= 15 is 0 Å². The van der Waals surface area contributed by atoms with Gasteiger partial charge in [-0.1, -0.05) is 0 Å². The minimum atomic E-state index is -2.65. The quantitative estimate of drug-likeness (QED) is 0.824. The van der Waals surface area contributed by atoms with Crippen molar-refractivity contribution >= 4 is 0 Å². The Morgan fingerprint density at radius 2 is 1.94 bits per heavy atom. The number of alkyl halides is 2. The number of nitrogens with zero attached hydrogens (tertiary/aromatic N) is 2. The topological polar surface area (TPSA) is 27.1 Å². The van der Waals surface area contributed by atoms with E-state index in [4.69, 9.17) is 4.74 Å². The Morgan fingerprint density at radius 1 is 1.24 bits per heavy atom. The highest BCUT2D eigenvalue weighted by molar-refractivity contribution is 5.22. The fourth-order valence-corrected chi connectivity index (χ4v) is 1.31. The molecular weight excluding hydrogens is 233 g/mol. The van der Waals surface area contributed by atoms with Crippen LogP contribution in [0.4, 0.5) is 13.2 Å². The molecule has 6 heteroatoms. The first kappa shape index (κ1) is 11.5. The van der Waals surface area contributed by atoms with Gasteiger partial charge in [-0.2, -0.15) is 8.78 Å². The monoisotopic (exact) mass is 242 g/mol. The molecule has 0 aliphatic carbocycles. The van der Waals surface area contributed by atoms with Crippen LogP contribution in [-0.4, -0.2) is 9.55 Å². The van der Waals surface area contributed by atoms with Crippen molar-refractivity contribution in [2.24, 2.45) is 0 Å². The van der Waals surface area contributed by atoms with Crippen LogP contribution < -0.4 is 4.74 Å². The average Bonchev–Trinajstić information content (AvgIpc) is 2.76. The van der Waals surface area contributed by atoms with E-state index in [9.17, 15) is 13.2 Å². The smallest absolute Gasteiger partial charge is 0.320 e. The number of halogens is 3. The fourth-order valence-electron chi connectivity index (χ4n) is 1.31. The Balaban J connectivity index is 2.02. The van der Waals surface area contributed by atoms with Crippen molar-refractivity contribution in [1.82, 2.24) is 9.55 Å². The largest absolute Gasteiger partial charge is 0.486 e. The predicted octanol–water partition coefficient (Wildman–Crippen LogP) is 3.00. The SMILES string of the molecule is Fc1ccc(OCc2nccn2C(F)F)cc1. The number of hydrogen-bond donors (Lipinski definition) is 0. The maximum atomic E-state index is 12.6. The third-order valence-corrected chi connectivity index (χ3v) is 2.14. The zero-order valence-electron chi connectivity index (χ0n) is 8.69. The van der Waals surface area contributed by atoms with Crippen molar-refractivity contribution in [3.05, 3.63) is 48.3 Å². The summed E-state index contributed by atoms with van der Waals surface area (Å²) in [7, 11) is 0. The summed E-state index contributed by atoms with van der Waals surface area (Å²) in [5, 5.41) is 0. The van der Waals surface area contributed by atoms with E-state index < -0.39 is 6.55 Å². The minimum Gasteiger partial charge on any atom is -0.486 e. The first-order valence-electron chi connectivity index (χ1n) is 4.85. The van der Waals surface area contributed by atoms with Crippen LogP contribution in [0.3, 0.4) is 0 Å². The van der Waals surface area contributed by atoms with E-state index in [1.807, 2.05) is 0 Å². The van der Waals surface area contributed by atoms with Gasteiger partial charge in [0.1, 0.15) is 18.2 Å². The van der Waals surface area contributed by atoms with Gasteiger partial charge < -0.3 is 4.74 Å². The van der Waals surface area contributed by atoms with Crippen molar-refractivity contribution in [3.8, 4) is 5.75 Å². The van der Waals surface area contributed by atoms with Gasteiger partial charge in [0.05, 0.1) is 0 Å². The van der Waals surface area contributed by atoms with Crippen molar-refractivity contribution in [1.29, 1.82) is 0 Å². The summed E-state index contributed by atoms with van der Waals surface area (Å²) in [5.74, 6) is 0.131. The van der Waals surface area contributed by atoms with Gasteiger partial charge in [0, 0.05) is 12.4 Å². The van der Waals surface area contributed by atoms with Crippen molar-refractivity contribution in [2.75, 3.05) is 0 Å². The van der Waals surface area contributed by atoms with Crippen molar-refractivity contribution in [3.63, 3.8) is 0 Å². The summed E-state index contributed by atoms with van der Waals surface area (Å²) in [6.45, 7) is -2.74. The summed E-state index contributed by atoms with van der Waals surface area (Å²) in [6.07, 6.45) is 2.45. The molecule has 0 amide bonds. The molecule has 17 heavy (non-hydrogen) atoms. The van der Waals surface area contributed by atoms with E-state index in [-0.39, 0.29) is 18.2 Å². The summed E-state index contributed by atoms with van der Waals surface area (Å²) >= 11 is 0. The molecule has 0 aliphatic heterocycles. The zero-order valence-corrected chi connectivity index (χ0v) is 8.69. The van der Waals surface area contributed by atoms with Crippen LogP contribution in [0.15, 0.2) is 36.7 Å². The maximum absolute atomic E-state index is 12.6. The minimum absolute atomic E-state index is 0.0943. The van der Waals surface area contributed by atoms with E-state index in [2.05, 4.69) is 4.98 Å².